The van der Waals surface area contributed by atoms with E-state index in [1.807, 2.05) is 25.7 Å². The summed E-state index contributed by atoms with van der Waals surface area (Å²) in [6, 6.07) is 0.387. The Labute approximate surface area is 106 Å². The lowest BCUT2D eigenvalue weighted by Gasteiger charge is -2.29. The molecule has 1 amide bonds. The fourth-order valence-electron chi connectivity index (χ4n) is 2.71. The molecule has 0 spiro atoms. The van der Waals surface area contributed by atoms with Gasteiger partial charge in [0, 0.05) is 17.4 Å². The summed E-state index contributed by atoms with van der Waals surface area (Å²) in [6.45, 7) is 6.63. The maximum absolute atomic E-state index is 12.0. The molecule has 1 saturated carbocycles. The molecule has 4 heteroatoms. The average molecular weight is 290 g/mol. The fourth-order valence-corrected chi connectivity index (χ4v) is 3.67. The quantitative estimate of drug-likeness (QED) is 0.641. The van der Waals surface area contributed by atoms with Crippen LogP contribution in [-0.2, 0) is 4.74 Å². The molecule has 0 aromatic carbocycles. The van der Waals surface area contributed by atoms with Crippen LogP contribution < -0.4 is 0 Å². The van der Waals surface area contributed by atoms with Gasteiger partial charge in [-0.3, -0.25) is 0 Å². The third kappa shape index (κ3) is 2.70. The molecule has 2 bridgehead atoms. The maximum atomic E-state index is 12.0. The molecule has 0 aromatic heterocycles. The van der Waals surface area contributed by atoms with E-state index in [4.69, 9.17) is 4.74 Å². The van der Waals surface area contributed by atoms with Crippen molar-refractivity contribution in [3.8, 4) is 0 Å². The zero-order valence-electron chi connectivity index (χ0n) is 10.2. The Bertz CT molecular complexity index is 287. The molecule has 3 nitrogen and oxygen atoms in total. The molecule has 2 aliphatic rings. The first kappa shape index (κ1) is 12.2. The van der Waals surface area contributed by atoms with Crippen molar-refractivity contribution in [3.63, 3.8) is 0 Å². The Morgan fingerprint density at radius 1 is 1.31 bits per heavy atom. The minimum atomic E-state index is -0.387. The number of fused-ring (bicyclic) bond motifs is 2. The zero-order chi connectivity index (χ0) is 11.9. The van der Waals surface area contributed by atoms with E-state index in [1.54, 1.807) is 0 Å². The molecule has 0 N–H and O–H groups in total. The second-order valence-electron chi connectivity index (χ2n) is 5.96. The van der Waals surface area contributed by atoms with Crippen LogP contribution in [0.15, 0.2) is 0 Å². The molecule has 92 valence electrons. The van der Waals surface area contributed by atoms with E-state index in [9.17, 15) is 4.79 Å². The van der Waals surface area contributed by atoms with Gasteiger partial charge in [0.25, 0.3) is 0 Å². The van der Waals surface area contributed by atoms with Gasteiger partial charge in [-0.05, 0) is 46.0 Å². The molecule has 16 heavy (non-hydrogen) atoms. The Morgan fingerprint density at radius 2 is 2.00 bits per heavy atom. The van der Waals surface area contributed by atoms with Crippen molar-refractivity contribution in [1.29, 1.82) is 0 Å². The van der Waals surface area contributed by atoms with Crippen molar-refractivity contribution in [2.75, 3.05) is 6.54 Å². The van der Waals surface area contributed by atoms with Crippen molar-refractivity contribution < 1.29 is 9.53 Å². The van der Waals surface area contributed by atoms with Crippen LogP contribution in [0.2, 0.25) is 0 Å². The Morgan fingerprint density at radius 3 is 2.62 bits per heavy atom. The van der Waals surface area contributed by atoms with E-state index in [0.717, 1.165) is 19.4 Å². The molecule has 1 aliphatic heterocycles. The lowest BCUT2D eigenvalue weighted by atomic mass is 9.90. The number of ether oxygens (including phenoxy) is 1. The second-order valence-corrected chi connectivity index (χ2v) is 7.25. The first-order chi connectivity index (χ1) is 7.35. The monoisotopic (exact) mass is 289 g/mol. The largest absolute Gasteiger partial charge is 0.444 e. The molecule has 2 fully saturated rings. The SMILES string of the molecule is CC(C)(C)OC(=O)N1C[C@H]2C[C@@H](Br)C[C@H]1C2. The fraction of sp³-hybridized carbons (Fsp3) is 0.917. The van der Waals surface area contributed by atoms with E-state index in [-0.39, 0.29) is 11.7 Å². The van der Waals surface area contributed by atoms with Gasteiger partial charge in [0.1, 0.15) is 5.60 Å². The summed E-state index contributed by atoms with van der Waals surface area (Å²) in [6.07, 6.45) is 3.27. The van der Waals surface area contributed by atoms with Gasteiger partial charge in [0.05, 0.1) is 0 Å². The number of likely N-dealkylation sites (tertiary alicyclic amines) is 1. The van der Waals surface area contributed by atoms with Crippen LogP contribution in [0.4, 0.5) is 4.79 Å². The molecule has 3 atom stereocenters. The van der Waals surface area contributed by atoms with Crippen LogP contribution in [0, 0.1) is 5.92 Å². The molecule has 1 saturated heterocycles. The van der Waals surface area contributed by atoms with E-state index in [0.29, 0.717) is 16.8 Å². The summed E-state index contributed by atoms with van der Waals surface area (Å²) in [7, 11) is 0. The summed E-state index contributed by atoms with van der Waals surface area (Å²) in [5.74, 6) is 0.663. The molecular weight excluding hydrogens is 270 g/mol. The summed E-state index contributed by atoms with van der Waals surface area (Å²) in [5.41, 5.74) is -0.387. The highest BCUT2D eigenvalue weighted by molar-refractivity contribution is 9.09. The van der Waals surface area contributed by atoms with Crippen molar-refractivity contribution in [1.82, 2.24) is 4.90 Å². The van der Waals surface area contributed by atoms with Gasteiger partial charge >= 0.3 is 6.09 Å². The van der Waals surface area contributed by atoms with Crippen molar-refractivity contribution >= 4 is 22.0 Å². The maximum Gasteiger partial charge on any atom is 0.410 e. The van der Waals surface area contributed by atoms with Crippen molar-refractivity contribution in [2.45, 2.75) is 56.5 Å². The molecule has 0 radical (unpaired) electrons. The number of hydrogen-bond donors (Lipinski definition) is 0. The first-order valence-electron chi connectivity index (χ1n) is 5.99. The number of nitrogens with zero attached hydrogens (tertiary/aromatic N) is 1. The predicted molar refractivity (Wildman–Crippen MR) is 66.8 cm³/mol. The topological polar surface area (TPSA) is 29.5 Å². The third-order valence-corrected chi connectivity index (χ3v) is 3.99. The summed E-state index contributed by atoms with van der Waals surface area (Å²) in [4.78, 5) is 14.5. The third-order valence-electron chi connectivity index (χ3n) is 3.25. The number of amides is 1. The van der Waals surface area contributed by atoms with Crippen LogP contribution >= 0.6 is 15.9 Å². The minimum Gasteiger partial charge on any atom is -0.444 e. The van der Waals surface area contributed by atoms with Gasteiger partial charge in [-0.15, -0.1) is 0 Å². The molecule has 0 aromatic rings. The highest BCUT2D eigenvalue weighted by Crippen LogP contribution is 2.38. The standard InChI is InChI=1S/C12H20BrNO2/c1-12(2,3)16-11(15)14-7-8-4-9(13)6-10(14)5-8/h8-10H,4-7H2,1-3H3/t8-,9+,10+/m0/s1. The second kappa shape index (κ2) is 4.21. The smallest absolute Gasteiger partial charge is 0.410 e. The highest BCUT2D eigenvalue weighted by Gasteiger charge is 2.42. The van der Waals surface area contributed by atoms with E-state index < -0.39 is 0 Å². The molecule has 2 rings (SSSR count). The van der Waals surface area contributed by atoms with Crippen LogP contribution in [0.5, 0.6) is 0 Å². The number of hydrogen-bond acceptors (Lipinski definition) is 2. The molecule has 0 unspecified atom stereocenters. The van der Waals surface area contributed by atoms with E-state index in [2.05, 4.69) is 15.9 Å². The lowest BCUT2D eigenvalue weighted by Crippen LogP contribution is -2.40. The van der Waals surface area contributed by atoms with E-state index in [1.165, 1.54) is 6.42 Å². The Kier molecular flexibility index (Phi) is 3.21. The van der Waals surface area contributed by atoms with Gasteiger partial charge < -0.3 is 9.64 Å². The number of carbonyl (C=O) groups excluding carboxylic acids is 1. The highest BCUT2D eigenvalue weighted by atomic mass is 79.9. The number of rotatable bonds is 0. The Hall–Kier alpha value is -0.250. The van der Waals surface area contributed by atoms with Crippen LogP contribution in [0.25, 0.3) is 0 Å². The number of halogens is 1. The van der Waals surface area contributed by atoms with Crippen molar-refractivity contribution in [2.24, 2.45) is 5.92 Å². The molecular formula is C12H20BrNO2. The molecule has 1 heterocycles. The first-order valence-corrected chi connectivity index (χ1v) is 6.90. The van der Waals surface area contributed by atoms with Gasteiger partial charge in [-0.2, -0.15) is 0 Å². The number of carbonyl (C=O) groups is 1. The summed E-state index contributed by atoms with van der Waals surface area (Å²) in [5, 5.41) is 0. The zero-order valence-corrected chi connectivity index (χ0v) is 11.8. The predicted octanol–water partition coefficient (Wildman–Crippen LogP) is 3.17. The van der Waals surface area contributed by atoms with Gasteiger partial charge in [0.2, 0.25) is 0 Å². The molecule has 1 aliphatic carbocycles. The summed E-state index contributed by atoms with van der Waals surface area (Å²) >= 11 is 3.67. The van der Waals surface area contributed by atoms with Crippen LogP contribution in [0.1, 0.15) is 40.0 Å². The van der Waals surface area contributed by atoms with Crippen LogP contribution in [0.3, 0.4) is 0 Å². The van der Waals surface area contributed by atoms with Gasteiger partial charge in [0.15, 0.2) is 0 Å². The van der Waals surface area contributed by atoms with E-state index >= 15 is 0 Å². The van der Waals surface area contributed by atoms with Crippen molar-refractivity contribution in [3.05, 3.63) is 0 Å². The Balaban J connectivity index is 1.98. The lowest BCUT2D eigenvalue weighted by molar-refractivity contribution is 0.0224. The van der Waals surface area contributed by atoms with Gasteiger partial charge in [-0.25, -0.2) is 4.79 Å². The summed E-state index contributed by atoms with van der Waals surface area (Å²) < 4.78 is 5.44. The average Bonchev–Trinajstić information content (AvgIpc) is 2.38. The minimum absolute atomic E-state index is 0.137. The van der Waals surface area contributed by atoms with Gasteiger partial charge in [-0.1, -0.05) is 15.9 Å². The normalized spacial score (nSPS) is 34.0. The number of alkyl halides is 1. The van der Waals surface area contributed by atoms with Crippen LogP contribution in [-0.4, -0.2) is 34.0 Å².